The Morgan fingerprint density at radius 1 is 1.29 bits per heavy atom. The molecule has 0 atom stereocenters. The zero-order chi connectivity index (χ0) is 12.3. The van der Waals surface area contributed by atoms with E-state index >= 15 is 0 Å². The van der Waals surface area contributed by atoms with E-state index in [-0.39, 0.29) is 11.1 Å². The number of aryl methyl sites for hydroxylation is 1. The fourth-order valence-electron chi connectivity index (χ4n) is 1.81. The first kappa shape index (κ1) is 11.2. The second-order valence-electron chi connectivity index (χ2n) is 3.74. The summed E-state index contributed by atoms with van der Waals surface area (Å²) < 4.78 is 0. The normalized spacial score (nSPS) is 9.88. The molecule has 1 N–H and O–H groups in total. The van der Waals surface area contributed by atoms with E-state index in [1.807, 2.05) is 43.3 Å². The molecule has 3 heteroatoms. The van der Waals surface area contributed by atoms with Crippen molar-refractivity contribution in [3.63, 3.8) is 0 Å². The van der Waals surface area contributed by atoms with Crippen LogP contribution in [0.25, 0.3) is 11.1 Å². The highest BCUT2D eigenvalue weighted by molar-refractivity contribution is 5.67. The molecule has 0 aliphatic rings. The SMILES string of the molecule is CCc1[nH]c(=O)c(C#N)cc1-c1ccccc1. The van der Waals surface area contributed by atoms with Gasteiger partial charge in [0.05, 0.1) is 0 Å². The van der Waals surface area contributed by atoms with Gasteiger partial charge >= 0.3 is 0 Å². The fraction of sp³-hybridized carbons (Fsp3) is 0.143. The molecule has 0 saturated carbocycles. The van der Waals surface area contributed by atoms with Gasteiger partial charge in [0.15, 0.2) is 0 Å². The summed E-state index contributed by atoms with van der Waals surface area (Å²) in [5.41, 5.74) is 2.63. The summed E-state index contributed by atoms with van der Waals surface area (Å²) in [4.78, 5) is 14.3. The molecule has 0 spiro atoms. The summed E-state index contributed by atoms with van der Waals surface area (Å²) >= 11 is 0. The van der Waals surface area contributed by atoms with E-state index in [2.05, 4.69) is 4.98 Å². The third kappa shape index (κ3) is 2.11. The number of nitrogens with zero attached hydrogens (tertiary/aromatic N) is 1. The first-order valence-electron chi connectivity index (χ1n) is 5.48. The predicted molar refractivity (Wildman–Crippen MR) is 66.6 cm³/mol. The Morgan fingerprint density at radius 2 is 2.00 bits per heavy atom. The Bertz CT molecular complexity index is 621. The summed E-state index contributed by atoms with van der Waals surface area (Å²) in [7, 11) is 0. The van der Waals surface area contributed by atoms with E-state index in [4.69, 9.17) is 5.26 Å². The first-order chi connectivity index (χ1) is 8.26. The maximum Gasteiger partial charge on any atom is 0.266 e. The van der Waals surface area contributed by atoms with Crippen LogP contribution < -0.4 is 5.56 Å². The van der Waals surface area contributed by atoms with Gasteiger partial charge in [0, 0.05) is 11.3 Å². The van der Waals surface area contributed by atoms with Crippen LogP contribution in [-0.4, -0.2) is 4.98 Å². The topological polar surface area (TPSA) is 56.6 Å². The zero-order valence-corrected chi connectivity index (χ0v) is 9.53. The molecule has 1 aromatic heterocycles. The lowest BCUT2D eigenvalue weighted by Gasteiger charge is -2.07. The molecule has 1 aromatic carbocycles. The minimum Gasteiger partial charge on any atom is -0.324 e. The van der Waals surface area contributed by atoms with E-state index in [0.717, 1.165) is 23.2 Å². The van der Waals surface area contributed by atoms with E-state index < -0.39 is 0 Å². The van der Waals surface area contributed by atoms with Crippen LogP contribution in [0, 0.1) is 11.3 Å². The zero-order valence-electron chi connectivity index (χ0n) is 9.53. The van der Waals surface area contributed by atoms with Gasteiger partial charge < -0.3 is 4.98 Å². The van der Waals surface area contributed by atoms with Crippen LogP contribution in [-0.2, 0) is 6.42 Å². The Labute approximate surface area is 99.4 Å². The van der Waals surface area contributed by atoms with E-state index in [9.17, 15) is 4.79 Å². The van der Waals surface area contributed by atoms with Gasteiger partial charge in [0.1, 0.15) is 11.6 Å². The molecule has 0 aliphatic carbocycles. The number of aromatic amines is 1. The van der Waals surface area contributed by atoms with Gasteiger partial charge in [-0.25, -0.2) is 0 Å². The highest BCUT2D eigenvalue weighted by atomic mass is 16.1. The number of benzene rings is 1. The summed E-state index contributed by atoms with van der Waals surface area (Å²) in [5.74, 6) is 0. The molecule has 84 valence electrons. The average Bonchev–Trinajstić information content (AvgIpc) is 2.39. The largest absolute Gasteiger partial charge is 0.324 e. The molecule has 17 heavy (non-hydrogen) atoms. The lowest BCUT2D eigenvalue weighted by Crippen LogP contribution is -2.13. The average molecular weight is 224 g/mol. The highest BCUT2D eigenvalue weighted by Gasteiger charge is 2.08. The van der Waals surface area contributed by atoms with Gasteiger partial charge in [-0.05, 0) is 18.1 Å². The molecule has 0 aliphatic heterocycles. The molecule has 0 saturated heterocycles. The minimum absolute atomic E-state index is 0.154. The van der Waals surface area contributed by atoms with Crippen LogP contribution in [0.2, 0.25) is 0 Å². The molecule has 0 bridgehead atoms. The van der Waals surface area contributed by atoms with Crippen LogP contribution >= 0.6 is 0 Å². The third-order valence-electron chi connectivity index (χ3n) is 2.68. The van der Waals surface area contributed by atoms with Crippen LogP contribution in [0.3, 0.4) is 0 Å². The molecule has 3 nitrogen and oxygen atoms in total. The molecular weight excluding hydrogens is 212 g/mol. The van der Waals surface area contributed by atoms with Crippen molar-refractivity contribution in [1.82, 2.24) is 4.98 Å². The number of H-pyrrole nitrogens is 1. The van der Waals surface area contributed by atoms with Crippen LogP contribution in [0.1, 0.15) is 18.2 Å². The van der Waals surface area contributed by atoms with Crippen molar-refractivity contribution in [2.24, 2.45) is 0 Å². The lowest BCUT2D eigenvalue weighted by molar-refractivity contribution is 1.01. The second kappa shape index (κ2) is 4.67. The van der Waals surface area contributed by atoms with E-state index in [0.29, 0.717) is 0 Å². The maximum absolute atomic E-state index is 11.5. The van der Waals surface area contributed by atoms with Crippen LogP contribution in [0.15, 0.2) is 41.2 Å². The molecule has 2 rings (SSSR count). The number of nitriles is 1. The number of aromatic nitrogens is 1. The predicted octanol–water partition coefficient (Wildman–Crippen LogP) is 2.48. The maximum atomic E-state index is 11.5. The van der Waals surface area contributed by atoms with E-state index in [1.54, 1.807) is 6.07 Å². The van der Waals surface area contributed by atoms with Crippen molar-refractivity contribution in [2.45, 2.75) is 13.3 Å². The van der Waals surface area contributed by atoms with Crippen molar-refractivity contribution in [3.8, 4) is 17.2 Å². The Morgan fingerprint density at radius 3 is 2.59 bits per heavy atom. The molecule has 0 radical (unpaired) electrons. The lowest BCUT2D eigenvalue weighted by atomic mass is 10.0. The van der Waals surface area contributed by atoms with Gasteiger partial charge in [-0.2, -0.15) is 5.26 Å². The first-order valence-corrected chi connectivity index (χ1v) is 5.48. The summed E-state index contributed by atoms with van der Waals surface area (Å²) in [6, 6.07) is 13.3. The molecule has 0 amide bonds. The van der Waals surface area contributed by atoms with E-state index in [1.165, 1.54) is 0 Å². The summed E-state index contributed by atoms with van der Waals surface area (Å²) in [6.45, 7) is 1.98. The smallest absolute Gasteiger partial charge is 0.266 e. The van der Waals surface area contributed by atoms with Crippen molar-refractivity contribution in [2.75, 3.05) is 0 Å². The number of hydrogen-bond acceptors (Lipinski definition) is 2. The van der Waals surface area contributed by atoms with Crippen molar-refractivity contribution < 1.29 is 0 Å². The number of pyridine rings is 1. The van der Waals surface area contributed by atoms with Crippen molar-refractivity contribution in [3.05, 3.63) is 58.0 Å². The van der Waals surface area contributed by atoms with Gasteiger partial charge in [0.25, 0.3) is 5.56 Å². The third-order valence-corrected chi connectivity index (χ3v) is 2.68. The number of nitrogens with one attached hydrogen (secondary N) is 1. The Hall–Kier alpha value is -2.34. The van der Waals surface area contributed by atoms with Crippen molar-refractivity contribution >= 4 is 0 Å². The molecule has 0 unspecified atom stereocenters. The Kier molecular flexibility index (Phi) is 3.06. The van der Waals surface area contributed by atoms with Crippen LogP contribution in [0.5, 0.6) is 0 Å². The van der Waals surface area contributed by atoms with Gasteiger partial charge in [-0.1, -0.05) is 37.3 Å². The number of hydrogen-bond donors (Lipinski definition) is 1. The number of rotatable bonds is 2. The monoisotopic (exact) mass is 224 g/mol. The molecular formula is C14H12N2O. The minimum atomic E-state index is -0.316. The van der Waals surface area contributed by atoms with Gasteiger partial charge in [-0.3, -0.25) is 4.79 Å². The van der Waals surface area contributed by atoms with Gasteiger partial charge in [-0.15, -0.1) is 0 Å². The molecule has 0 fully saturated rings. The molecule has 1 heterocycles. The quantitative estimate of drug-likeness (QED) is 0.851. The standard InChI is InChI=1S/C14H12N2O/c1-2-13-12(10-6-4-3-5-7-10)8-11(9-15)14(17)16-13/h3-8H,2H2,1H3,(H,16,17). The summed E-state index contributed by atoms with van der Waals surface area (Å²) in [6.07, 6.45) is 0.727. The summed E-state index contributed by atoms with van der Waals surface area (Å²) in [5, 5.41) is 8.88. The second-order valence-corrected chi connectivity index (χ2v) is 3.74. The molecule has 2 aromatic rings. The van der Waals surface area contributed by atoms with Gasteiger partial charge in [0.2, 0.25) is 0 Å². The highest BCUT2D eigenvalue weighted by Crippen LogP contribution is 2.22. The van der Waals surface area contributed by atoms with Crippen molar-refractivity contribution in [1.29, 1.82) is 5.26 Å². The fourth-order valence-corrected chi connectivity index (χ4v) is 1.81. The van der Waals surface area contributed by atoms with Crippen LogP contribution in [0.4, 0.5) is 0 Å². The Balaban J connectivity index is 2.69.